The van der Waals surface area contributed by atoms with Gasteiger partial charge in [-0.15, -0.1) is 0 Å². The molecule has 7 heterocycles. The smallest absolute Gasteiger partial charge is 0.332 e. The van der Waals surface area contributed by atoms with E-state index in [0.717, 1.165) is 13.8 Å². The van der Waals surface area contributed by atoms with Crippen LogP contribution < -0.4 is 16.0 Å². The molecular formula is C54H89N3O37. The van der Waals surface area contributed by atoms with Crippen LogP contribution in [-0.2, 0) is 85.5 Å². The van der Waals surface area contributed by atoms with Crippen molar-refractivity contribution >= 4 is 24.2 Å². The fraction of sp³-hybridized carbons (Fsp3) is 0.926. The topological polar surface area (TPSA) is 618 Å². The van der Waals surface area contributed by atoms with Crippen LogP contribution in [-0.4, -0.2) is 375 Å². The fourth-order valence-corrected chi connectivity index (χ4v) is 13.2. The Morgan fingerprint density at radius 3 is 1.41 bits per heavy atom. The van der Waals surface area contributed by atoms with E-state index in [1.165, 1.54) is 20.8 Å². The lowest BCUT2D eigenvalue weighted by Crippen LogP contribution is -2.74. The molecule has 7 aliphatic heterocycles. The van der Waals surface area contributed by atoms with Crippen LogP contribution in [0.1, 0.15) is 47.5 Å². The number of rotatable bonds is 25. The van der Waals surface area contributed by atoms with Gasteiger partial charge in [0.25, 0.3) is 6.47 Å². The maximum atomic E-state index is 12.9. The van der Waals surface area contributed by atoms with Crippen LogP contribution in [0.3, 0.4) is 0 Å². The molecule has 0 radical (unpaired) electrons. The molecule has 542 valence electrons. The lowest BCUT2D eigenvalue weighted by Gasteiger charge is -2.58. The highest BCUT2D eigenvalue weighted by atomic mass is 16.9. The van der Waals surface area contributed by atoms with Gasteiger partial charge < -0.3 is 179 Å². The third-order valence-corrected chi connectivity index (χ3v) is 18.1. The summed E-state index contributed by atoms with van der Waals surface area (Å²) in [5, 5.41) is 218. The SMILES string of the molecule is CC(=O)NC1[C@H](O[C@@H]2C(CO)O[C@@H](C)C(NC(C)=O)[C@H]2O)OC(CO)[C@@H](O[C@@H]2OC(CO)[C@@H](O)[C@H](O[C@H]3OC(CO)[C@@H](O)C(O)C3O[C@@H]3OC(CO)[C@@H](O[C@@H]4OC5CC(O)(O)[C@@H]5[C@H](O[C@]5(OC=O)C[C@@H](O)[C@@H](C)C([C@H](O)[C@H](O)CO)O5)C4O)[C@H](O)C3NC(C)=O)C2O)[C@@H]1O. The summed E-state index contributed by atoms with van der Waals surface area (Å²) < 4.78 is 82.6. The molecule has 0 aromatic carbocycles. The number of nitrogens with one attached hydrogen (secondary N) is 3. The van der Waals surface area contributed by atoms with Crippen LogP contribution in [0.25, 0.3) is 0 Å². The zero-order valence-corrected chi connectivity index (χ0v) is 51.3. The number of ether oxygens (including phenoxy) is 14. The number of carbonyl (C=O) groups excluding carboxylic acids is 4. The summed E-state index contributed by atoms with van der Waals surface area (Å²) in [6.07, 6.45) is -58.0. The summed E-state index contributed by atoms with van der Waals surface area (Å²) in [5.74, 6) is -10.5. The Morgan fingerprint density at radius 1 is 0.500 bits per heavy atom. The standard InChI is InChI=1S/C54H89N3O37/c1-15-20(68)6-54(81-14-64,93-41(15)32(70)21(69)8-58)94-45-28-22(7-53(28,79)80)83-50(39(45)77)89-43-27(13-63)87-49(31(37(43)75)57-19(5)67)92-47-38(76)33(71)23(9-59)85-52(47)91-46-34(72)24(10-60)84-51(40(46)78)90-44-26(12-62)86-48(30(36(44)74)56-18(4)66)88-42-25(11-61)82-16(2)29(35(42)73)55-17(3)65/h14-16,20-52,58-63,68-80H,6-13H2,1-5H3,(H,55,65)(H,56,66)(H,57,67)/t15-,16+,20-,21-,22?,23?,24?,25?,26?,27?,28+,29?,30?,31?,32-,33-,34-,35-,36-,37-,38?,39?,40?,41?,42-,43-,44-,45+,46+,47?,48+,49+,50+,51+,52-,54+/m1/s1. The predicted octanol–water partition coefficient (Wildman–Crippen LogP) is -13.9. The van der Waals surface area contributed by atoms with E-state index in [1.807, 2.05) is 0 Å². The van der Waals surface area contributed by atoms with Gasteiger partial charge in [-0.1, -0.05) is 6.92 Å². The van der Waals surface area contributed by atoms with Crippen molar-refractivity contribution in [1.29, 1.82) is 0 Å². The molecule has 3 amide bonds. The van der Waals surface area contributed by atoms with E-state index in [9.17, 15) is 116 Å². The maximum absolute atomic E-state index is 12.9. The van der Waals surface area contributed by atoms with Crippen molar-refractivity contribution in [3.05, 3.63) is 0 Å². The molecule has 8 fully saturated rings. The van der Waals surface area contributed by atoms with Gasteiger partial charge in [0.2, 0.25) is 17.7 Å². The van der Waals surface area contributed by atoms with Gasteiger partial charge >= 0.3 is 5.97 Å². The van der Waals surface area contributed by atoms with Gasteiger partial charge in [-0.05, 0) is 6.92 Å². The van der Waals surface area contributed by atoms with E-state index >= 15 is 0 Å². The monoisotopic (exact) mass is 1370 g/mol. The summed E-state index contributed by atoms with van der Waals surface area (Å²) in [6, 6.07) is -4.72. The van der Waals surface area contributed by atoms with Crippen LogP contribution in [0.4, 0.5) is 0 Å². The summed E-state index contributed by atoms with van der Waals surface area (Å²) in [7, 11) is 0. The Morgan fingerprint density at radius 2 is 0.926 bits per heavy atom. The lowest BCUT2D eigenvalue weighted by atomic mass is 9.68. The van der Waals surface area contributed by atoms with Gasteiger partial charge in [0.1, 0.15) is 140 Å². The highest BCUT2D eigenvalue weighted by Crippen LogP contribution is 2.51. The van der Waals surface area contributed by atoms with Crippen LogP contribution >= 0.6 is 0 Å². The van der Waals surface area contributed by atoms with Gasteiger partial charge in [-0.25, -0.2) is 0 Å². The van der Waals surface area contributed by atoms with Crippen molar-refractivity contribution in [2.45, 2.75) is 261 Å². The van der Waals surface area contributed by atoms with Gasteiger partial charge in [0.05, 0.1) is 82.4 Å². The Labute approximate surface area is 534 Å². The number of hydrogen-bond acceptors (Lipinski definition) is 37. The van der Waals surface area contributed by atoms with E-state index < -0.39 is 296 Å². The number of amides is 3. The first kappa shape index (κ1) is 76.4. The lowest BCUT2D eigenvalue weighted by molar-refractivity contribution is -0.470. The molecule has 40 nitrogen and oxygen atoms in total. The highest BCUT2D eigenvalue weighted by molar-refractivity contribution is 5.74. The molecule has 8 rings (SSSR count). The third-order valence-electron chi connectivity index (χ3n) is 18.1. The molecule has 0 bridgehead atoms. The van der Waals surface area contributed by atoms with E-state index in [2.05, 4.69) is 16.0 Å². The van der Waals surface area contributed by atoms with Crippen molar-refractivity contribution in [1.82, 2.24) is 16.0 Å². The Balaban J connectivity index is 1.02. The molecule has 8 aliphatic rings. The second kappa shape index (κ2) is 31.9. The number of aliphatic hydroxyl groups excluding tert-OH is 17. The first-order valence-corrected chi connectivity index (χ1v) is 30.4. The minimum atomic E-state index is -2.79. The van der Waals surface area contributed by atoms with Gasteiger partial charge in [-0.2, -0.15) is 0 Å². The fourth-order valence-electron chi connectivity index (χ4n) is 13.2. The third kappa shape index (κ3) is 15.9. The van der Waals surface area contributed by atoms with Crippen molar-refractivity contribution < 1.29 is 183 Å². The average Bonchev–Trinajstić information content (AvgIpc) is 0.723. The van der Waals surface area contributed by atoms with Gasteiger partial charge in [0, 0.05) is 33.1 Å². The van der Waals surface area contributed by atoms with E-state index in [-0.39, 0.29) is 6.47 Å². The van der Waals surface area contributed by atoms with Crippen LogP contribution in [0.2, 0.25) is 0 Å². The van der Waals surface area contributed by atoms with E-state index in [1.54, 1.807) is 0 Å². The molecule has 1 saturated carbocycles. The van der Waals surface area contributed by atoms with E-state index in [4.69, 9.17) is 66.3 Å². The van der Waals surface area contributed by atoms with Gasteiger partial charge in [-0.3, -0.25) is 19.2 Å². The van der Waals surface area contributed by atoms with Crippen molar-refractivity contribution in [2.75, 3.05) is 39.6 Å². The minimum Gasteiger partial charge on any atom is -0.410 e. The second-order valence-electron chi connectivity index (χ2n) is 24.7. The summed E-state index contributed by atoms with van der Waals surface area (Å²) in [6.45, 7) is -0.203. The molecule has 7 saturated heterocycles. The second-order valence-corrected chi connectivity index (χ2v) is 24.7. The molecule has 14 unspecified atom stereocenters. The molecule has 22 N–H and O–H groups in total. The van der Waals surface area contributed by atoms with E-state index in [0.29, 0.717) is 0 Å². The van der Waals surface area contributed by atoms with Crippen LogP contribution in [0.15, 0.2) is 0 Å². The number of carbonyl (C=O) groups is 4. The molecule has 94 heavy (non-hydrogen) atoms. The zero-order chi connectivity index (χ0) is 69.3. The molecular weight excluding hydrogens is 1280 g/mol. The first-order valence-electron chi connectivity index (χ1n) is 30.4. The van der Waals surface area contributed by atoms with Crippen LogP contribution in [0, 0.1) is 11.8 Å². The summed E-state index contributed by atoms with van der Waals surface area (Å²) in [5.41, 5.74) is 0. The Hall–Kier alpha value is -3.40. The predicted molar refractivity (Wildman–Crippen MR) is 292 cm³/mol. The largest absolute Gasteiger partial charge is 0.410 e. The normalized spacial score (nSPS) is 47.8. The number of hydrogen-bond donors (Lipinski definition) is 22. The molecule has 0 aromatic rings. The Bertz CT molecular complexity index is 2490. The molecule has 40 heteroatoms. The molecule has 0 aromatic heterocycles. The summed E-state index contributed by atoms with van der Waals surface area (Å²) in [4.78, 5) is 49.7. The zero-order valence-electron chi connectivity index (χ0n) is 51.3. The van der Waals surface area contributed by atoms with Crippen molar-refractivity contribution in [3.8, 4) is 0 Å². The Kier molecular flexibility index (Phi) is 25.9. The van der Waals surface area contributed by atoms with Gasteiger partial charge in [0.15, 0.2) is 37.2 Å². The molecule has 0 spiro atoms. The highest BCUT2D eigenvalue weighted by Gasteiger charge is 2.67. The average molecular weight is 1370 g/mol. The van der Waals surface area contributed by atoms with Crippen molar-refractivity contribution in [2.24, 2.45) is 11.8 Å². The van der Waals surface area contributed by atoms with Crippen LogP contribution in [0.5, 0.6) is 0 Å². The molecule has 36 atom stereocenters. The number of fused-ring (bicyclic) bond motifs is 1. The molecule has 1 aliphatic carbocycles. The first-order chi connectivity index (χ1) is 44.3. The quantitative estimate of drug-likeness (QED) is 0.0298. The summed E-state index contributed by atoms with van der Waals surface area (Å²) >= 11 is 0. The maximum Gasteiger partial charge on any atom is 0.332 e. The minimum absolute atomic E-state index is 0.199. The van der Waals surface area contributed by atoms with Crippen molar-refractivity contribution in [3.63, 3.8) is 0 Å². The number of aliphatic hydroxyl groups is 19.